The Balaban J connectivity index is 1.35. The summed E-state index contributed by atoms with van der Waals surface area (Å²) >= 11 is 0. The minimum atomic E-state index is 0.0505. The molecule has 0 bridgehead atoms. The normalized spacial score (nSPS) is 21.1. The van der Waals surface area contributed by atoms with Crippen LogP contribution < -0.4 is 5.32 Å². The molecular formula is C20H28N4O3. The topological polar surface area (TPSA) is 72.5 Å². The molecule has 0 aromatic carbocycles. The van der Waals surface area contributed by atoms with E-state index in [9.17, 15) is 4.79 Å². The third kappa shape index (κ3) is 4.59. The monoisotopic (exact) mass is 372 g/mol. The Labute approximate surface area is 159 Å². The molecule has 146 valence electrons. The van der Waals surface area contributed by atoms with Gasteiger partial charge in [-0.15, -0.1) is 0 Å². The number of amides is 1. The number of aromatic nitrogens is 2. The van der Waals surface area contributed by atoms with Crippen LogP contribution in [0, 0.1) is 12.8 Å². The smallest absolute Gasteiger partial charge is 0.222 e. The van der Waals surface area contributed by atoms with Crippen LogP contribution in [0.2, 0.25) is 0 Å². The van der Waals surface area contributed by atoms with Crippen LogP contribution in [0.1, 0.15) is 42.5 Å². The molecule has 1 fully saturated rings. The van der Waals surface area contributed by atoms with Gasteiger partial charge in [0, 0.05) is 39.0 Å². The second kappa shape index (κ2) is 8.27. The van der Waals surface area contributed by atoms with Crippen molar-refractivity contribution in [3.05, 3.63) is 41.6 Å². The zero-order valence-electron chi connectivity index (χ0n) is 15.9. The predicted molar refractivity (Wildman–Crippen MR) is 100.0 cm³/mol. The SMILES string of the molecule is Cc1ccc(CN2Cc3ccnn3[C@@H](CC(=O)NCC3CCOCC3)C2)o1. The van der Waals surface area contributed by atoms with Crippen molar-refractivity contribution in [2.24, 2.45) is 5.92 Å². The molecule has 1 saturated heterocycles. The summed E-state index contributed by atoms with van der Waals surface area (Å²) in [5.41, 5.74) is 1.15. The molecule has 1 amide bonds. The summed E-state index contributed by atoms with van der Waals surface area (Å²) in [6.07, 6.45) is 4.33. The highest BCUT2D eigenvalue weighted by atomic mass is 16.5. The average Bonchev–Trinajstić information content (AvgIpc) is 3.30. The number of hydrogen-bond acceptors (Lipinski definition) is 5. The van der Waals surface area contributed by atoms with Crippen molar-refractivity contribution >= 4 is 5.91 Å². The fourth-order valence-electron chi connectivity index (χ4n) is 4.02. The summed E-state index contributed by atoms with van der Waals surface area (Å²) in [6.45, 7) is 6.68. The summed E-state index contributed by atoms with van der Waals surface area (Å²) in [7, 11) is 0. The Morgan fingerprint density at radius 2 is 2.15 bits per heavy atom. The van der Waals surface area contributed by atoms with Gasteiger partial charge in [-0.05, 0) is 43.9 Å². The third-order valence-electron chi connectivity index (χ3n) is 5.48. The van der Waals surface area contributed by atoms with Crippen molar-refractivity contribution in [3.8, 4) is 0 Å². The van der Waals surface area contributed by atoms with Crippen LogP contribution in [0.3, 0.4) is 0 Å². The molecule has 0 unspecified atom stereocenters. The van der Waals surface area contributed by atoms with E-state index in [0.29, 0.717) is 12.3 Å². The lowest BCUT2D eigenvalue weighted by atomic mass is 10.0. The van der Waals surface area contributed by atoms with E-state index < -0.39 is 0 Å². The van der Waals surface area contributed by atoms with Gasteiger partial charge in [-0.1, -0.05) is 0 Å². The molecule has 1 N–H and O–H groups in total. The predicted octanol–water partition coefficient (Wildman–Crippen LogP) is 2.27. The molecule has 2 aliphatic heterocycles. The van der Waals surface area contributed by atoms with Crippen molar-refractivity contribution in [3.63, 3.8) is 0 Å². The summed E-state index contributed by atoms with van der Waals surface area (Å²) in [6, 6.07) is 6.10. The van der Waals surface area contributed by atoms with E-state index in [1.54, 1.807) is 0 Å². The molecule has 1 atom stereocenters. The van der Waals surface area contributed by atoms with E-state index in [-0.39, 0.29) is 11.9 Å². The van der Waals surface area contributed by atoms with Crippen molar-refractivity contribution in [2.45, 2.75) is 45.3 Å². The lowest BCUT2D eigenvalue weighted by Crippen LogP contribution is -2.40. The number of nitrogens with zero attached hydrogens (tertiary/aromatic N) is 3. The van der Waals surface area contributed by atoms with Crippen LogP contribution in [0.4, 0.5) is 0 Å². The zero-order chi connectivity index (χ0) is 18.6. The fourth-order valence-corrected chi connectivity index (χ4v) is 4.02. The number of ether oxygens (including phenoxy) is 1. The molecule has 2 aromatic heterocycles. The molecule has 7 heteroatoms. The van der Waals surface area contributed by atoms with E-state index in [2.05, 4.69) is 15.3 Å². The van der Waals surface area contributed by atoms with Crippen LogP contribution in [0.5, 0.6) is 0 Å². The second-order valence-corrected chi connectivity index (χ2v) is 7.67. The van der Waals surface area contributed by atoms with Gasteiger partial charge < -0.3 is 14.5 Å². The number of rotatable bonds is 6. The molecule has 2 aromatic rings. The number of nitrogens with one attached hydrogen (secondary N) is 1. The molecule has 4 heterocycles. The third-order valence-corrected chi connectivity index (χ3v) is 5.48. The molecular weight excluding hydrogens is 344 g/mol. The number of fused-ring (bicyclic) bond motifs is 1. The Morgan fingerprint density at radius 1 is 1.30 bits per heavy atom. The van der Waals surface area contributed by atoms with E-state index in [0.717, 1.165) is 69.4 Å². The maximum absolute atomic E-state index is 12.5. The maximum Gasteiger partial charge on any atom is 0.222 e. The van der Waals surface area contributed by atoms with Gasteiger partial charge in [0.05, 0.1) is 24.7 Å². The van der Waals surface area contributed by atoms with Crippen LogP contribution in [0.25, 0.3) is 0 Å². The number of hydrogen-bond donors (Lipinski definition) is 1. The highest BCUT2D eigenvalue weighted by molar-refractivity contribution is 5.76. The van der Waals surface area contributed by atoms with Crippen molar-refractivity contribution in [2.75, 3.05) is 26.3 Å². The number of carbonyl (C=O) groups is 1. The van der Waals surface area contributed by atoms with E-state index in [1.165, 1.54) is 0 Å². The van der Waals surface area contributed by atoms with Crippen LogP contribution in [-0.4, -0.2) is 46.9 Å². The highest BCUT2D eigenvalue weighted by Gasteiger charge is 2.28. The number of aryl methyl sites for hydroxylation is 1. The molecule has 2 aliphatic rings. The summed E-state index contributed by atoms with van der Waals surface area (Å²) in [5.74, 6) is 2.52. The Bertz CT molecular complexity index is 763. The first-order chi connectivity index (χ1) is 13.2. The summed E-state index contributed by atoms with van der Waals surface area (Å²) in [5, 5.41) is 7.57. The molecule has 7 nitrogen and oxygen atoms in total. The lowest BCUT2D eigenvalue weighted by Gasteiger charge is -2.33. The first-order valence-corrected chi connectivity index (χ1v) is 9.82. The van der Waals surface area contributed by atoms with Gasteiger partial charge in [0.2, 0.25) is 5.91 Å². The minimum Gasteiger partial charge on any atom is -0.465 e. The largest absolute Gasteiger partial charge is 0.465 e. The van der Waals surface area contributed by atoms with E-state index in [4.69, 9.17) is 9.15 Å². The Morgan fingerprint density at radius 3 is 2.93 bits per heavy atom. The first-order valence-electron chi connectivity index (χ1n) is 9.82. The zero-order valence-corrected chi connectivity index (χ0v) is 15.9. The lowest BCUT2D eigenvalue weighted by molar-refractivity contribution is -0.122. The number of carbonyl (C=O) groups excluding carboxylic acids is 1. The van der Waals surface area contributed by atoms with Gasteiger partial charge in [-0.2, -0.15) is 5.10 Å². The highest BCUT2D eigenvalue weighted by Crippen LogP contribution is 2.25. The number of furan rings is 1. The van der Waals surface area contributed by atoms with Gasteiger partial charge in [0.1, 0.15) is 11.5 Å². The Hall–Kier alpha value is -2.12. The summed E-state index contributed by atoms with van der Waals surface area (Å²) < 4.78 is 13.1. The van der Waals surface area contributed by atoms with Crippen molar-refractivity contribution in [1.29, 1.82) is 0 Å². The van der Waals surface area contributed by atoms with Gasteiger partial charge >= 0.3 is 0 Å². The van der Waals surface area contributed by atoms with Gasteiger partial charge in [0.15, 0.2) is 0 Å². The summed E-state index contributed by atoms with van der Waals surface area (Å²) in [4.78, 5) is 14.9. The Kier molecular flexibility index (Phi) is 5.59. The molecule has 0 spiro atoms. The molecule has 27 heavy (non-hydrogen) atoms. The van der Waals surface area contributed by atoms with Crippen LogP contribution >= 0.6 is 0 Å². The first kappa shape index (κ1) is 18.3. The molecule has 0 saturated carbocycles. The van der Waals surface area contributed by atoms with E-state index in [1.807, 2.05) is 36.0 Å². The minimum absolute atomic E-state index is 0.0505. The fraction of sp³-hybridized carbons (Fsp3) is 0.600. The quantitative estimate of drug-likeness (QED) is 0.842. The van der Waals surface area contributed by atoms with Crippen molar-refractivity contribution in [1.82, 2.24) is 20.0 Å². The maximum atomic E-state index is 12.5. The standard InChI is InChI=1S/C20H28N4O3/c1-15-2-3-19(27-15)14-23-12-17-4-7-22-24(17)18(13-23)10-20(25)21-11-16-5-8-26-9-6-16/h2-4,7,16,18H,5-6,8-14H2,1H3,(H,21,25)/t18-/m0/s1. The molecule has 4 rings (SSSR count). The molecule has 0 aliphatic carbocycles. The average molecular weight is 372 g/mol. The van der Waals surface area contributed by atoms with Crippen LogP contribution in [-0.2, 0) is 22.6 Å². The van der Waals surface area contributed by atoms with Gasteiger partial charge in [-0.3, -0.25) is 14.4 Å². The van der Waals surface area contributed by atoms with Gasteiger partial charge in [-0.25, -0.2) is 0 Å². The second-order valence-electron chi connectivity index (χ2n) is 7.67. The molecule has 0 radical (unpaired) electrons. The van der Waals surface area contributed by atoms with Crippen molar-refractivity contribution < 1.29 is 13.9 Å². The van der Waals surface area contributed by atoms with E-state index >= 15 is 0 Å². The van der Waals surface area contributed by atoms with Gasteiger partial charge in [0.25, 0.3) is 0 Å². The van der Waals surface area contributed by atoms with Crippen LogP contribution in [0.15, 0.2) is 28.8 Å².